The van der Waals surface area contributed by atoms with E-state index in [-0.39, 0.29) is 20.0 Å². The van der Waals surface area contributed by atoms with Crippen LogP contribution in [-0.4, -0.2) is 51.9 Å². The molecule has 0 bridgehead atoms. The number of cyclic esters (lactones) is 1. The first-order valence-electron chi connectivity index (χ1n) is 8.40. The fourth-order valence-corrected chi connectivity index (χ4v) is 2.81. The van der Waals surface area contributed by atoms with Crippen molar-refractivity contribution in [2.75, 3.05) is 40.8 Å². The van der Waals surface area contributed by atoms with Gasteiger partial charge in [0.2, 0.25) is 0 Å². The van der Waals surface area contributed by atoms with Gasteiger partial charge in [-0.2, -0.15) is 0 Å². The molecule has 0 saturated carbocycles. The molecule has 144 valence electrons. The highest BCUT2D eigenvalue weighted by atomic mass is 16.7. The number of fused-ring (bicyclic) bond motifs is 1. The molecule has 1 N–H and O–H groups in total. The van der Waals surface area contributed by atoms with Gasteiger partial charge in [0.25, 0.3) is 0 Å². The maximum absolute atomic E-state index is 12.3. The molecule has 1 aromatic carbocycles. The molecule has 0 radical (unpaired) electrons. The zero-order valence-electron chi connectivity index (χ0n) is 15.7. The minimum atomic E-state index is -0.415. The van der Waals surface area contributed by atoms with Crippen molar-refractivity contribution in [1.82, 2.24) is 0 Å². The van der Waals surface area contributed by atoms with Gasteiger partial charge in [-0.05, 0) is 25.8 Å². The molecule has 0 saturated heterocycles. The van der Waals surface area contributed by atoms with Gasteiger partial charge in [-0.25, -0.2) is 4.79 Å². The third-order valence-electron chi connectivity index (χ3n) is 4.25. The van der Waals surface area contributed by atoms with Crippen molar-refractivity contribution < 1.29 is 33.6 Å². The molecule has 0 aromatic heterocycles. The molecule has 0 amide bonds. The van der Waals surface area contributed by atoms with Crippen LogP contribution in [-0.2, 0) is 27.2 Å². The van der Waals surface area contributed by atoms with Crippen LogP contribution in [0.1, 0.15) is 34.0 Å². The number of carbonyl (C=O) groups excluding carboxylic acids is 1. The van der Waals surface area contributed by atoms with Gasteiger partial charge in [0.15, 0.2) is 6.79 Å². The van der Waals surface area contributed by atoms with Crippen LogP contribution in [0.2, 0.25) is 0 Å². The third kappa shape index (κ3) is 4.35. The molecule has 1 aromatic rings. The number of aliphatic hydroxyl groups excluding tert-OH is 1. The van der Waals surface area contributed by atoms with Crippen molar-refractivity contribution in [3.63, 3.8) is 0 Å². The largest absolute Gasteiger partial charge is 0.496 e. The lowest BCUT2D eigenvalue weighted by Crippen LogP contribution is -2.13. The van der Waals surface area contributed by atoms with Crippen LogP contribution in [0.25, 0.3) is 0 Å². The van der Waals surface area contributed by atoms with Gasteiger partial charge in [0.1, 0.15) is 23.7 Å². The zero-order chi connectivity index (χ0) is 19.1. The fraction of sp³-hybridized carbons (Fsp3) is 0.526. The Hall–Kier alpha value is -2.09. The van der Waals surface area contributed by atoms with Crippen LogP contribution < -0.4 is 9.47 Å². The predicted octanol–water partition coefficient (Wildman–Crippen LogP) is 2.15. The number of esters is 1. The van der Waals surface area contributed by atoms with Gasteiger partial charge in [-0.1, -0.05) is 11.6 Å². The number of benzene rings is 1. The number of hydrogen-bond donors (Lipinski definition) is 1. The third-order valence-corrected chi connectivity index (χ3v) is 4.25. The molecular formula is C19H26O7. The Morgan fingerprint density at radius 1 is 1.27 bits per heavy atom. The van der Waals surface area contributed by atoms with E-state index >= 15 is 0 Å². The summed E-state index contributed by atoms with van der Waals surface area (Å²) in [5.41, 5.74) is 3.58. The van der Waals surface area contributed by atoms with E-state index in [1.165, 1.54) is 0 Å². The Morgan fingerprint density at radius 3 is 2.69 bits per heavy atom. The topological polar surface area (TPSA) is 83.5 Å². The second kappa shape index (κ2) is 9.56. The molecule has 7 heteroatoms. The lowest BCUT2D eigenvalue weighted by atomic mass is 9.95. The Bertz CT molecular complexity index is 679. The van der Waals surface area contributed by atoms with Crippen LogP contribution in [0.4, 0.5) is 0 Å². The lowest BCUT2D eigenvalue weighted by Gasteiger charge is -2.19. The molecule has 0 atom stereocenters. The Morgan fingerprint density at radius 2 is 2.04 bits per heavy atom. The van der Waals surface area contributed by atoms with E-state index in [0.29, 0.717) is 36.7 Å². The van der Waals surface area contributed by atoms with Crippen LogP contribution in [0.5, 0.6) is 11.5 Å². The SMILES string of the molecule is COCCOCOc1c(C/C=C(\C)CO)c(OC)c(C)c2c1C(=O)OC2. The average molecular weight is 366 g/mol. The molecule has 26 heavy (non-hydrogen) atoms. The summed E-state index contributed by atoms with van der Waals surface area (Å²) >= 11 is 0. The minimum Gasteiger partial charge on any atom is -0.496 e. The van der Waals surface area contributed by atoms with Crippen LogP contribution in [0.3, 0.4) is 0 Å². The molecule has 1 heterocycles. The summed E-state index contributed by atoms with van der Waals surface area (Å²) in [4.78, 5) is 12.3. The van der Waals surface area contributed by atoms with Crippen LogP contribution >= 0.6 is 0 Å². The lowest BCUT2D eigenvalue weighted by molar-refractivity contribution is -0.00934. The highest BCUT2D eigenvalue weighted by molar-refractivity contribution is 5.98. The summed E-state index contributed by atoms with van der Waals surface area (Å²) in [6, 6.07) is 0. The van der Waals surface area contributed by atoms with Crippen molar-refractivity contribution in [2.45, 2.75) is 26.9 Å². The minimum absolute atomic E-state index is 0.0228. The van der Waals surface area contributed by atoms with E-state index in [1.807, 2.05) is 19.9 Å². The molecule has 0 aliphatic carbocycles. The van der Waals surface area contributed by atoms with Crippen LogP contribution in [0.15, 0.2) is 11.6 Å². The zero-order valence-corrected chi connectivity index (χ0v) is 15.7. The van der Waals surface area contributed by atoms with E-state index in [1.54, 1.807) is 14.2 Å². The maximum atomic E-state index is 12.3. The fourth-order valence-electron chi connectivity index (χ4n) is 2.81. The summed E-state index contributed by atoms with van der Waals surface area (Å²) in [6.07, 6.45) is 2.33. The molecule has 1 aliphatic heterocycles. The first kappa shape index (κ1) is 20.2. The quantitative estimate of drug-likeness (QED) is 0.294. The summed E-state index contributed by atoms with van der Waals surface area (Å²) in [6.45, 7) is 4.69. The summed E-state index contributed by atoms with van der Waals surface area (Å²) < 4.78 is 26.9. The molecule has 0 unspecified atom stereocenters. The highest BCUT2D eigenvalue weighted by Crippen LogP contribution is 2.42. The normalized spacial score (nSPS) is 13.6. The number of aliphatic hydroxyl groups is 1. The molecule has 0 spiro atoms. The number of allylic oxidation sites excluding steroid dienone is 1. The van der Waals surface area contributed by atoms with Crippen molar-refractivity contribution >= 4 is 5.97 Å². The number of methoxy groups -OCH3 is 2. The molecule has 2 rings (SSSR count). The first-order chi connectivity index (χ1) is 12.5. The van der Waals surface area contributed by atoms with E-state index in [4.69, 9.17) is 23.7 Å². The number of ether oxygens (including phenoxy) is 5. The maximum Gasteiger partial charge on any atom is 0.342 e. The second-order valence-electron chi connectivity index (χ2n) is 5.97. The van der Waals surface area contributed by atoms with Gasteiger partial charge in [0.05, 0.1) is 26.9 Å². The molecule has 0 fully saturated rings. The smallest absolute Gasteiger partial charge is 0.342 e. The van der Waals surface area contributed by atoms with Gasteiger partial charge >= 0.3 is 5.97 Å². The van der Waals surface area contributed by atoms with Gasteiger partial charge in [-0.15, -0.1) is 0 Å². The summed E-state index contributed by atoms with van der Waals surface area (Å²) in [7, 11) is 3.17. The van der Waals surface area contributed by atoms with E-state index in [0.717, 1.165) is 22.3 Å². The number of carbonyl (C=O) groups is 1. The van der Waals surface area contributed by atoms with Crippen molar-refractivity contribution in [1.29, 1.82) is 0 Å². The van der Waals surface area contributed by atoms with E-state index in [2.05, 4.69) is 0 Å². The van der Waals surface area contributed by atoms with E-state index < -0.39 is 5.97 Å². The standard InChI is InChI=1S/C19H26O7/c1-12(9-20)5-6-14-17(23-4)13(2)15-10-25-19(21)16(15)18(14)26-11-24-8-7-22-3/h5,20H,6-11H2,1-4H3/b12-5+. The molecule has 7 nitrogen and oxygen atoms in total. The molecule has 1 aliphatic rings. The predicted molar refractivity (Wildman–Crippen MR) is 94.7 cm³/mol. The summed E-state index contributed by atoms with van der Waals surface area (Å²) in [5.74, 6) is 0.641. The van der Waals surface area contributed by atoms with Crippen LogP contribution in [0, 0.1) is 6.92 Å². The van der Waals surface area contributed by atoms with Gasteiger partial charge < -0.3 is 28.8 Å². The van der Waals surface area contributed by atoms with Gasteiger partial charge in [-0.3, -0.25) is 0 Å². The Balaban J connectivity index is 2.42. The van der Waals surface area contributed by atoms with Gasteiger partial charge in [0, 0.05) is 18.2 Å². The van der Waals surface area contributed by atoms with Crippen molar-refractivity contribution in [3.05, 3.63) is 33.9 Å². The first-order valence-corrected chi connectivity index (χ1v) is 8.40. The Labute approximate surface area is 153 Å². The van der Waals surface area contributed by atoms with Crippen molar-refractivity contribution in [2.24, 2.45) is 0 Å². The average Bonchev–Trinajstić information content (AvgIpc) is 3.03. The second-order valence-corrected chi connectivity index (χ2v) is 5.97. The highest BCUT2D eigenvalue weighted by Gasteiger charge is 2.33. The monoisotopic (exact) mass is 366 g/mol. The Kier molecular flexibility index (Phi) is 7.44. The number of hydrogen-bond acceptors (Lipinski definition) is 7. The van der Waals surface area contributed by atoms with Crippen molar-refractivity contribution in [3.8, 4) is 11.5 Å². The molecular weight excluding hydrogens is 340 g/mol. The van der Waals surface area contributed by atoms with E-state index in [9.17, 15) is 9.90 Å². The summed E-state index contributed by atoms with van der Waals surface area (Å²) in [5, 5.41) is 9.25. The number of rotatable bonds is 10.